The van der Waals surface area contributed by atoms with Crippen molar-refractivity contribution in [3.63, 3.8) is 0 Å². The number of amides is 2. The molecule has 154 valence electrons. The molecule has 5 heteroatoms. The third-order valence-electron chi connectivity index (χ3n) is 4.83. The molecule has 5 N–H and O–H groups in total. The number of nitrogens with two attached hydrogens (primary N) is 2. The van der Waals surface area contributed by atoms with Crippen LogP contribution in [0.2, 0.25) is 0 Å². The van der Waals surface area contributed by atoms with E-state index in [2.05, 4.69) is 12.2 Å². The summed E-state index contributed by atoms with van der Waals surface area (Å²) in [6.45, 7) is 2.76. The van der Waals surface area contributed by atoms with Crippen LogP contribution in [-0.4, -0.2) is 24.4 Å². The normalized spacial score (nSPS) is 12.1. The number of imide groups is 1. The van der Waals surface area contributed by atoms with Crippen LogP contribution >= 0.6 is 0 Å². The van der Waals surface area contributed by atoms with Gasteiger partial charge >= 0.3 is 0 Å². The predicted octanol–water partition coefficient (Wildman–Crippen LogP) is 4.18. The first-order valence-electron chi connectivity index (χ1n) is 10.9. The Bertz CT molecular complexity index is 348. The minimum Gasteiger partial charge on any atom is -0.330 e. The van der Waals surface area contributed by atoms with Gasteiger partial charge in [0.05, 0.1) is 6.04 Å². The Morgan fingerprint density at radius 1 is 0.769 bits per heavy atom. The first-order chi connectivity index (χ1) is 12.6. The average Bonchev–Trinajstić information content (AvgIpc) is 2.63. The van der Waals surface area contributed by atoms with Crippen LogP contribution in [0.15, 0.2) is 0 Å². The van der Waals surface area contributed by atoms with Crippen molar-refractivity contribution in [1.82, 2.24) is 5.32 Å². The molecule has 0 heterocycles. The summed E-state index contributed by atoms with van der Waals surface area (Å²) in [5.41, 5.74) is 11.1. The van der Waals surface area contributed by atoms with Crippen LogP contribution in [0.4, 0.5) is 0 Å². The highest BCUT2D eigenvalue weighted by atomic mass is 16.2. The van der Waals surface area contributed by atoms with Gasteiger partial charge < -0.3 is 11.5 Å². The number of unbranched alkanes of at least 4 members (excludes halogenated alkanes) is 12. The molecular weight excluding hydrogens is 326 g/mol. The van der Waals surface area contributed by atoms with Crippen LogP contribution in [0.5, 0.6) is 0 Å². The zero-order valence-corrected chi connectivity index (χ0v) is 17.1. The van der Waals surface area contributed by atoms with Gasteiger partial charge in [-0.2, -0.15) is 0 Å². The average molecular weight is 370 g/mol. The number of rotatable bonds is 18. The summed E-state index contributed by atoms with van der Waals surface area (Å²) in [7, 11) is 0. The summed E-state index contributed by atoms with van der Waals surface area (Å²) in [5.74, 6) is -0.584. The first kappa shape index (κ1) is 25.1. The van der Waals surface area contributed by atoms with Crippen LogP contribution < -0.4 is 16.8 Å². The Morgan fingerprint density at radius 3 is 1.69 bits per heavy atom. The first-order valence-corrected chi connectivity index (χ1v) is 10.9. The Balaban J connectivity index is 3.36. The molecule has 0 spiro atoms. The fourth-order valence-electron chi connectivity index (χ4n) is 3.06. The van der Waals surface area contributed by atoms with E-state index in [0.717, 1.165) is 12.8 Å². The van der Waals surface area contributed by atoms with Crippen LogP contribution in [0.3, 0.4) is 0 Å². The van der Waals surface area contributed by atoms with Gasteiger partial charge in [0.1, 0.15) is 0 Å². The summed E-state index contributed by atoms with van der Waals surface area (Å²) < 4.78 is 0. The van der Waals surface area contributed by atoms with Gasteiger partial charge in [0.2, 0.25) is 11.8 Å². The lowest BCUT2D eigenvalue weighted by molar-refractivity contribution is -0.131. The monoisotopic (exact) mass is 369 g/mol. The minimum atomic E-state index is -0.630. The van der Waals surface area contributed by atoms with E-state index >= 15 is 0 Å². The number of hydrogen-bond donors (Lipinski definition) is 3. The Kier molecular flexibility index (Phi) is 18.2. The topological polar surface area (TPSA) is 98.2 Å². The smallest absolute Gasteiger partial charge is 0.243 e. The third-order valence-corrected chi connectivity index (χ3v) is 4.83. The zero-order chi connectivity index (χ0) is 19.5. The molecule has 5 nitrogen and oxygen atoms in total. The van der Waals surface area contributed by atoms with E-state index in [1.54, 1.807) is 0 Å². The Morgan fingerprint density at radius 2 is 1.23 bits per heavy atom. The van der Waals surface area contributed by atoms with Gasteiger partial charge in [-0.05, 0) is 25.8 Å². The molecule has 0 unspecified atom stereocenters. The highest BCUT2D eigenvalue weighted by molar-refractivity contribution is 5.97. The van der Waals surface area contributed by atoms with Gasteiger partial charge in [-0.1, -0.05) is 84.0 Å². The summed E-state index contributed by atoms with van der Waals surface area (Å²) in [4.78, 5) is 23.4. The molecule has 0 bridgehead atoms. The maximum atomic E-state index is 11.7. The quantitative estimate of drug-likeness (QED) is 0.316. The van der Waals surface area contributed by atoms with E-state index in [9.17, 15) is 9.59 Å². The molecule has 0 aromatic carbocycles. The Hall–Kier alpha value is -0.940. The van der Waals surface area contributed by atoms with E-state index in [1.807, 2.05) is 0 Å². The van der Waals surface area contributed by atoms with Crippen molar-refractivity contribution in [1.29, 1.82) is 0 Å². The van der Waals surface area contributed by atoms with Gasteiger partial charge in [0.15, 0.2) is 0 Å². The minimum absolute atomic E-state index is 0.207. The number of carbonyl (C=O) groups is 2. The standard InChI is InChI=1S/C21H43N3O2/c1-2-3-4-5-6-7-8-9-10-11-12-13-14-17-20(25)24-21(26)19(23)16-15-18-22/h19H,2-18,22-23H2,1H3,(H,24,25,26)/t19-/m0/s1. The van der Waals surface area contributed by atoms with Gasteiger partial charge in [0.25, 0.3) is 0 Å². The largest absolute Gasteiger partial charge is 0.330 e. The van der Waals surface area contributed by atoms with Crippen molar-refractivity contribution in [2.75, 3.05) is 6.54 Å². The van der Waals surface area contributed by atoms with Crippen LogP contribution in [-0.2, 0) is 9.59 Å². The Labute approximate surface area is 161 Å². The SMILES string of the molecule is CCCCCCCCCCCCCCCC(=O)NC(=O)[C@@H](N)CCCN. The fraction of sp³-hybridized carbons (Fsp3) is 0.905. The van der Waals surface area contributed by atoms with Crippen LogP contribution in [0.25, 0.3) is 0 Å². The van der Waals surface area contributed by atoms with Gasteiger partial charge in [0, 0.05) is 6.42 Å². The number of carbonyl (C=O) groups excluding carboxylic acids is 2. The van der Waals surface area contributed by atoms with E-state index in [-0.39, 0.29) is 11.8 Å². The summed E-state index contributed by atoms with van der Waals surface area (Å²) >= 11 is 0. The summed E-state index contributed by atoms with van der Waals surface area (Å²) in [6, 6.07) is -0.630. The van der Waals surface area contributed by atoms with Gasteiger partial charge in [-0.15, -0.1) is 0 Å². The third kappa shape index (κ3) is 16.5. The molecule has 1 atom stereocenters. The molecule has 0 aliphatic carbocycles. The molecule has 0 aromatic rings. The maximum absolute atomic E-state index is 11.7. The molecule has 0 aliphatic rings. The second-order valence-corrected chi connectivity index (χ2v) is 7.44. The van der Waals surface area contributed by atoms with Crippen molar-refractivity contribution in [2.24, 2.45) is 11.5 Å². The number of hydrogen-bond acceptors (Lipinski definition) is 4. The molecule has 0 rings (SSSR count). The van der Waals surface area contributed by atoms with Crippen LogP contribution in [0, 0.1) is 0 Å². The molecule has 0 aromatic heterocycles. The van der Waals surface area contributed by atoms with E-state index in [1.165, 1.54) is 70.6 Å². The molecule has 26 heavy (non-hydrogen) atoms. The highest BCUT2D eigenvalue weighted by Crippen LogP contribution is 2.12. The molecule has 0 saturated heterocycles. The van der Waals surface area contributed by atoms with Crippen molar-refractivity contribution in [3.05, 3.63) is 0 Å². The second-order valence-electron chi connectivity index (χ2n) is 7.44. The highest BCUT2D eigenvalue weighted by Gasteiger charge is 2.15. The number of nitrogens with one attached hydrogen (secondary N) is 1. The second kappa shape index (κ2) is 18.8. The molecule has 0 fully saturated rings. The van der Waals surface area contributed by atoms with E-state index in [4.69, 9.17) is 11.5 Å². The summed E-state index contributed by atoms with van der Waals surface area (Å²) in [5, 5.41) is 2.39. The van der Waals surface area contributed by atoms with Crippen molar-refractivity contribution in [3.8, 4) is 0 Å². The molecule has 2 amide bonds. The predicted molar refractivity (Wildman–Crippen MR) is 110 cm³/mol. The lowest BCUT2D eigenvalue weighted by atomic mass is 10.0. The fourth-order valence-corrected chi connectivity index (χ4v) is 3.06. The molecular formula is C21H43N3O2. The molecule has 0 radical (unpaired) electrons. The van der Waals surface area contributed by atoms with Crippen molar-refractivity contribution >= 4 is 11.8 Å². The van der Waals surface area contributed by atoms with Crippen LogP contribution in [0.1, 0.15) is 110 Å². The summed E-state index contributed by atoms with van der Waals surface area (Å²) in [6.07, 6.45) is 18.2. The van der Waals surface area contributed by atoms with Gasteiger partial charge in [-0.3, -0.25) is 14.9 Å². The molecule has 0 aliphatic heterocycles. The maximum Gasteiger partial charge on any atom is 0.243 e. The van der Waals surface area contributed by atoms with Crippen molar-refractivity contribution < 1.29 is 9.59 Å². The van der Waals surface area contributed by atoms with E-state index < -0.39 is 6.04 Å². The lowest BCUT2D eigenvalue weighted by Crippen LogP contribution is -2.43. The zero-order valence-electron chi connectivity index (χ0n) is 17.1. The lowest BCUT2D eigenvalue weighted by Gasteiger charge is -2.10. The van der Waals surface area contributed by atoms with Crippen molar-refractivity contribution in [2.45, 2.75) is 116 Å². The van der Waals surface area contributed by atoms with Gasteiger partial charge in [-0.25, -0.2) is 0 Å². The molecule has 0 saturated carbocycles. The van der Waals surface area contributed by atoms with E-state index in [0.29, 0.717) is 25.8 Å².